The zero-order valence-corrected chi connectivity index (χ0v) is 13.1. The summed E-state index contributed by atoms with van der Waals surface area (Å²) in [6.45, 7) is 5.82. The molecule has 5 heteroatoms. The van der Waals surface area contributed by atoms with Gasteiger partial charge >= 0.3 is 0 Å². The molecular formula is C13H18BrNO2S. The largest absolute Gasteiger partial charge is 0.388 e. The summed E-state index contributed by atoms with van der Waals surface area (Å²) in [5.41, 5.74) is -0.880. The van der Waals surface area contributed by atoms with Crippen LogP contribution in [0.1, 0.15) is 25.6 Å². The van der Waals surface area contributed by atoms with Gasteiger partial charge in [0.15, 0.2) is 0 Å². The highest BCUT2D eigenvalue weighted by atomic mass is 79.9. The van der Waals surface area contributed by atoms with Crippen LogP contribution in [-0.4, -0.2) is 23.2 Å². The van der Waals surface area contributed by atoms with Crippen molar-refractivity contribution in [1.29, 1.82) is 0 Å². The molecule has 0 saturated heterocycles. The number of carbonyl (C=O) groups excluding carboxylic acids is 1. The van der Waals surface area contributed by atoms with Crippen molar-refractivity contribution >= 4 is 39.2 Å². The predicted octanol–water partition coefficient (Wildman–Crippen LogP) is 3.05. The average molecular weight is 332 g/mol. The molecule has 0 saturated carbocycles. The third-order valence-corrected chi connectivity index (χ3v) is 4.45. The quantitative estimate of drug-likeness (QED) is 0.814. The van der Waals surface area contributed by atoms with E-state index in [1.807, 2.05) is 26.0 Å². The van der Waals surface area contributed by atoms with Crippen molar-refractivity contribution in [2.75, 3.05) is 6.54 Å². The number of rotatable bonds is 5. The van der Waals surface area contributed by atoms with Crippen molar-refractivity contribution in [1.82, 2.24) is 5.32 Å². The number of amides is 1. The molecule has 0 aliphatic rings. The molecule has 1 heterocycles. The Morgan fingerprint density at radius 3 is 2.78 bits per heavy atom. The Hall–Kier alpha value is -0.650. The average Bonchev–Trinajstić information content (AvgIpc) is 2.69. The topological polar surface area (TPSA) is 49.3 Å². The van der Waals surface area contributed by atoms with Crippen LogP contribution in [0, 0.1) is 5.92 Å². The smallest absolute Gasteiger partial charge is 0.244 e. The molecule has 0 aliphatic heterocycles. The minimum Gasteiger partial charge on any atom is -0.388 e. The first kappa shape index (κ1) is 15.4. The molecule has 0 fully saturated rings. The maximum Gasteiger partial charge on any atom is 0.244 e. The monoisotopic (exact) mass is 331 g/mol. The Bertz CT molecular complexity index is 438. The van der Waals surface area contributed by atoms with Gasteiger partial charge in [-0.05, 0) is 47.0 Å². The van der Waals surface area contributed by atoms with E-state index in [0.29, 0.717) is 0 Å². The molecular weight excluding hydrogens is 314 g/mol. The number of carbonyl (C=O) groups is 1. The molecule has 0 radical (unpaired) electrons. The van der Waals surface area contributed by atoms with Gasteiger partial charge < -0.3 is 10.4 Å². The van der Waals surface area contributed by atoms with Gasteiger partial charge in [-0.25, -0.2) is 0 Å². The van der Waals surface area contributed by atoms with Crippen LogP contribution >= 0.6 is 27.3 Å². The Morgan fingerprint density at radius 1 is 1.61 bits per heavy atom. The van der Waals surface area contributed by atoms with Crippen molar-refractivity contribution in [3.8, 4) is 0 Å². The zero-order valence-electron chi connectivity index (χ0n) is 10.7. The number of hydrogen-bond acceptors (Lipinski definition) is 3. The van der Waals surface area contributed by atoms with E-state index in [-0.39, 0.29) is 18.4 Å². The Morgan fingerprint density at radius 2 is 2.28 bits per heavy atom. The van der Waals surface area contributed by atoms with Crippen LogP contribution in [-0.2, 0) is 4.79 Å². The highest BCUT2D eigenvalue weighted by molar-refractivity contribution is 9.11. The second kappa shape index (κ2) is 6.50. The van der Waals surface area contributed by atoms with Gasteiger partial charge in [0.25, 0.3) is 0 Å². The third kappa shape index (κ3) is 4.92. The van der Waals surface area contributed by atoms with Gasteiger partial charge in [0.2, 0.25) is 5.91 Å². The number of thiophene rings is 1. The normalized spacial score (nSPS) is 15.0. The van der Waals surface area contributed by atoms with Crippen LogP contribution in [0.2, 0.25) is 0 Å². The van der Waals surface area contributed by atoms with Crippen LogP contribution in [0.5, 0.6) is 0 Å². The van der Waals surface area contributed by atoms with Crippen LogP contribution in [0.4, 0.5) is 0 Å². The molecule has 1 aromatic heterocycles. The van der Waals surface area contributed by atoms with E-state index in [1.54, 1.807) is 24.3 Å². The van der Waals surface area contributed by atoms with Crippen molar-refractivity contribution < 1.29 is 9.90 Å². The van der Waals surface area contributed by atoms with Gasteiger partial charge in [-0.3, -0.25) is 4.79 Å². The maximum atomic E-state index is 11.6. The Kier molecular flexibility index (Phi) is 5.56. The molecule has 1 rings (SSSR count). The molecule has 0 aromatic carbocycles. The SMILES string of the molecule is CC(C)C(C)(O)CNC(=O)C=Cc1ccc(Br)s1. The summed E-state index contributed by atoms with van der Waals surface area (Å²) in [6.07, 6.45) is 3.24. The number of aliphatic hydroxyl groups is 1. The molecule has 0 spiro atoms. The molecule has 1 unspecified atom stereocenters. The fraction of sp³-hybridized carbons (Fsp3) is 0.462. The standard InChI is InChI=1S/C13H18BrNO2S/c1-9(2)13(3,17)8-15-12(16)7-5-10-4-6-11(14)18-10/h4-7,9,17H,8H2,1-3H3,(H,15,16). The molecule has 1 amide bonds. The summed E-state index contributed by atoms with van der Waals surface area (Å²) in [5, 5.41) is 12.7. The van der Waals surface area contributed by atoms with Gasteiger partial charge in [0.05, 0.1) is 9.39 Å². The van der Waals surface area contributed by atoms with Gasteiger partial charge in [0.1, 0.15) is 0 Å². The minimum absolute atomic E-state index is 0.0926. The highest BCUT2D eigenvalue weighted by Gasteiger charge is 2.24. The second-order valence-electron chi connectivity index (χ2n) is 4.70. The molecule has 3 nitrogen and oxygen atoms in total. The predicted molar refractivity (Wildman–Crippen MR) is 79.5 cm³/mol. The minimum atomic E-state index is -0.880. The first-order chi connectivity index (χ1) is 8.31. The van der Waals surface area contributed by atoms with E-state index in [4.69, 9.17) is 0 Å². The van der Waals surface area contributed by atoms with Gasteiger partial charge in [-0.1, -0.05) is 13.8 Å². The van der Waals surface area contributed by atoms with Gasteiger partial charge in [0, 0.05) is 17.5 Å². The van der Waals surface area contributed by atoms with E-state index >= 15 is 0 Å². The molecule has 1 aromatic rings. The van der Waals surface area contributed by atoms with Gasteiger partial charge in [-0.2, -0.15) is 0 Å². The molecule has 100 valence electrons. The van der Waals surface area contributed by atoms with E-state index in [2.05, 4.69) is 21.2 Å². The second-order valence-corrected chi connectivity index (χ2v) is 7.20. The number of halogens is 1. The highest BCUT2D eigenvalue weighted by Crippen LogP contribution is 2.22. The fourth-order valence-electron chi connectivity index (χ4n) is 1.10. The summed E-state index contributed by atoms with van der Waals surface area (Å²) in [4.78, 5) is 12.6. The third-order valence-electron chi connectivity index (χ3n) is 2.86. The van der Waals surface area contributed by atoms with E-state index in [1.165, 1.54) is 6.08 Å². The van der Waals surface area contributed by atoms with E-state index in [9.17, 15) is 9.90 Å². The van der Waals surface area contributed by atoms with Crippen molar-refractivity contribution in [2.24, 2.45) is 5.92 Å². The van der Waals surface area contributed by atoms with E-state index in [0.717, 1.165) is 8.66 Å². The molecule has 18 heavy (non-hydrogen) atoms. The number of nitrogens with one attached hydrogen (secondary N) is 1. The summed E-state index contributed by atoms with van der Waals surface area (Å²) in [5.74, 6) is -0.101. The van der Waals surface area contributed by atoms with Crippen LogP contribution in [0.3, 0.4) is 0 Å². The van der Waals surface area contributed by atoms with Crippen LogP contribution in [0.25, 0.3) is 6.08 Å². The lowest BCUT2D eigenvalue weighted by molar-refractivity contribution is -0.118. The molecule has 0 aliphatic carbocycles. The Labute approximate surface area is 120 Å². The molecule has 0 bridgehead atoms. The first-order valence-electron chi connectivity index (χ1n) is 5.75. The van der Waals surface area contributed by atoms with Gasteiger partial charge in [-0.15, -0.1) is 11.3 Å². The zero-order chi connectivity index (χ0) is 13.8. The number of hydrogen-bond donors (Lipinski definition) is 2. The lowest BCUT2D eigenvalue weighted by Gasteiger charge is -2.27. The summed E-state index contributed by atoms with van der Waals surface area (Å²) in [6, 6.07) is 3.87. The van der Waals surface area contributed by atoms with Crippen LogP contribution in [0.15, 0.2) is 22.0 Å². The van der Waals surface area contributed by atoms with Crippen molar-refractivity contribution in [3.63, 3.8) is 0 Å². The van der Waals surface area contributed by atoms with Crippen LogP contribution < -0.4 is 5.32 Å². The maximum absolute atomic E-state index is 11.6. The lowest BCUT2D eigenvalue weighted by atomic mass is 9.92. The summed E-state index contributed by atoms with van der Waals surface area (Å²) in [7, 11) is 0. The fourth-order valence-corrected chi connectivity index (χ4v) is 2.43. The van der Waals surface area contributed by atoms with Crippen molar-refractivity contribution in [3.05, 3.63) is 26.9 Å². The lowest BCUT2D eigenvalue weighted by Crippen LogP contribution is -2.43. The summed E-state index contributed by atoms with van der Waals surface area (Å²) >= 11 is 4.92. The Balaban J connectivity index is 2.45. The molecule has 1 atom stereocenters. The summed E-state index contributed by atoms with van der Waals surface area (Å²) < 4.78 is 1.03. The van der Waals surface area contributed by atoms with Crippen molar-refractivity contribution in [2.45, 2.75) is 26.4 Å². The molecule has 2 N–H and O–H groups in total. The first-order valence-corrected chi connectivity index (χ1v) is 7.36. The van der Waals surface area contributed by atoms with E-state index < -0.39 is 5.60 Å².